The number of aliphatic hydroxyl groups excluding tert-OH is 1. The van der Waals surface area contributed by atoms with E-state index >= 15 is 0 Å². The van der Waals surface area contributed by atoms with Gasteiger partial charge in [-0.3, -0.25) is 4.90 Å². The third-order valence-corrected chi connectivity index (χ3v) is 6.67. The number of nitrogens with zero attached hydrogens (tertiary/aromatic N) is 2. The molecule has 0 spiro atoms. The standard InChI is InChI=1S/C21H20N2O2S2/c22-12-15-3-5-17(6-4-15)25-14-16(24)13-23-9-7-19-18(8-11-27-19)21(23)20-2-1-10-26-20/h1-6,8,10-11,16,21,24H,7,9,13-14H2. The summed E-state index contributed by atoms with van der Waals surface area (Å²) in [5.41, 5.74) is 1.97. The van der Waals surface area contributed by atoms with E-state index in [-0.39, 0.29) is 12.6 Å². The number of nitriles is 1. The van der Waals surface area contributed by atoms with Crippen LogP contribution in [0.25, 0.3) is 0 Å². The predicted octanol–water partition coefficient (Wildman–Crippen LogP) is 4.07. The van der Waals surface area contributed by atoms with Crippen LogP contribution in [0.3, 0.4) is 0 Å². The highest BCUT2D eigenvalue weighted by molar-refractivity contribution is 7.10. The van der Waals surface area contributed by atoms with E-state index in [1.807, 2.05) is 11.3 Å². The molecule has 1 aliphatic heterocycles. The number of aliphatic hydroxyl groups is 1. The van der Waals surface area contributed by atoms with E-state index in [1.54, 1.807) is 35.6 Å². The van der Waals surface area contributed by atoms with E-state index in [4.69, 9.17) is 10.00 Å². The lowest BCUT2D eigenvalue weighted by molar-refractivity contribution is 0.0562. The number of fused-ring (bicyclic) bond motifs is 1. The minimum Gasteiger partial charge on any atom is -0.491 e. The van der Waals surface area contributed by atoms with Gasteiger partial charge in [-0.1, -0.05) is 6.07 Å². The van der Waals surface area contributed by atoms with Crippen molar-refractivity contribution in [2.75, 3.05) is 19.7 Å². The minimum absolute atomic E-state index is 0.213. The van der Waals surface area contributed by atoms with E-state index < -0.39 is 6.10 Å². The molecule has 2 aromatic heterocycles. The predicted molar refractivity (Wildman–Crippen MR) is 108 cm³/mol. The Morgan fingerprint density at radius 1 is 1.19 bits per heavy atom. The molecule has 4 rings (SSSR count). The Balaban J connectivity index is 1.42. The molecule has 0 saturated heterocycles. The summed E-state index contributed by atoms with van der Waals surface area (Å²) >= 11 is 3.59. The van der Waals surface area contributed by atoms with Gasteiger partial charge in [0.2, 0.25) is 0 Å². The number of thiophene rings is 2. The Bertz CT molecular complexity index is 913. The van der Waals surface area contributed by atoms with Gasteiger partial charge in [-0.2, -0.15) is 5.26 Å². The van der Waals surface area contributed by atoms with E-state index in [0.717, 1.165) is 13.0 Å². The largest absolute Gasteiger partial charge is 0.491 e. The van der Waals surface area contributed by atoms with Gasteiger partial charge in [-0.25, -0.2) is 0 Å². The molecule has 0 radical (unpaired) electrons. The van der Waals surface area contributed by atoms with Crippen molar-refractivity contribution in [2.24, 2.45) is 0 Å². The van der Waals surface area contributed by atoms with Crippen LogP contribution in [0.4, 0.5) is 0 Å². The average Bonchev–Trinajstić information content (AvgIpc) is 3.38. The SMILES string of the molecule is N#Cc1ccc(OCC(O)CN2CCc3sccc3C2c2cccs2)cc1. The first-order valence-corrected chi connectivity index (χ1v) is 10.7. The summed E-state index contributed by atoms with van der Waals surface area (Å²) in [6.07, 6.45) is 0.446. The van der Waals surface area contributed by atoms with Gasteiger partial charge < -0.3 is 9.84 Å². The van der Waals surface area contributed by atoms with Crippen molar-refractivity contribution in [3.05, 3.63) is 74.1 Å². The molecule has 3 heterocycles. The monoisotopic (exact) mass is 396 g/mol. The summed E-state index contributed by atoms with van der Waals surface area (Å²) in [5, 5.41) is 23.7. The number of β-amino-alcohol motifs (C(OH)–C–C–N with tert-alkyl or cyclic N) is 1. The fourth-order valence-electron chi connectivity index (χ4n) is 3.49. The summed E-state index contributed by atoms with van der Waals surface area (Å²) in [6, 6.07) is 15.7. The lowest BCUT2D eigenvalue weighted by atomic mass is 9.98. The topological polar surface area (TPSA) is 56.5 Å². The zero-order chi connectivity index (χ0) is 18.6. The normalized spacial score (nSPS) is 17.9. The average molecular weight is 397 g/mol. The van der Waals surface area contributed by atoms with Crippen LogP contribution in [0, 0.1) is 11.3 Å². The molecule has 0 saturated carbocycles. The van der Waals surface area contributed by atoms with Crippen molar-refractivity contribution in [1.29, 1.82) is 5.26 Å². The summed E-state index contributed by atoms with van der Waals surface area (Å²) in [5.74, 6) is 0.668. The van der Waals surface area contributed by atoms with Crippen LogP contribution >= 0.6 is 22.7 Å². The van der Waals surface area contributed by atoms with Crippen LogP contribution in [0.1, 0.15) is 26.9 Å². The van der Waals surface area contributed by atoms with Crippen molar-refractivity contribution in [1.82, 2.24) is 4.90 Å². The zero-order valence-electron chi connectivity index (χ0n) is 14.7. The second-order valence-corrected chi connectivity index (χ2v) is 8.54. The maximum absolute atomic E-state index is 10.6. The molecule has 0 aliphatic carbocycles. The first-order chi connectivity index (χ1) is 13.2. The third-order valence-electron chi connectivity index (χ3n) is 4.75. The molecule has 0 fully saturated rings. The molecule has 1 N–H and O–H groups in total. The highest BCUT2D eigenvalue weighted by atomic mass is 32.1. The summed E-state index contributed by atoms with van der Waals surface area (Å²) in [6.45, 7) is 1.73. The number of benzene rings is 1. The van der Waals surface area contributed by atoms with Crippen molar-refractivity contribution >= 4 is 22.7 Å². The minimum atomic E-state index is -0.580. The number of ether oxygens (including phenoxy) is 1. The maximum Gasteiger partial charge on any atom is 0.119 e. The Hall–Kier alpha value is -2.17. The second kappa shape index (κ2) is 8.24. The Kier molecular flexibility index (Phi) is 5.55. The fourth-order valence-corrected chi connectivity index (χ4v) is 5.27. The smallest absolute Gasteiger partial charge is 0.119 e. The molecule has 3 aromatic rings. The van der Waals surface area contributed by atoms with Crippen LogP contribution in [0.2, 0.25) is 0 Å². The highest BCUT2D eigenvalue weighted by Crippen LogP contribution is 2.39. The van der Waals surface area contributed by atoms with Gasteiger partial charge in [0.1, 0.15) is 18.5 Å². The van der Waals surface area contributed by atoms with E-state index in [0.29, 0.717) is 17.9 Å². The molecule has 27 heavy (non-hydrogen) atoms. The maximum atomic E-state index is 10.6. The van der Waals surface area contributed by atoms with Gasteiger partial charge in [-0.15, -0.1) is 22.7 Å². The van der Waals surface area contributed by atoms with Crippen LogP contribution in [-0.2, 0) is 6.42 Å². The molecule has 2 atom stereocenters. The van der Waals surface area contributed by atoms with E-state index in [1.165, 1.54) is 15.3 Å². The molecule has 138 valence electrons. The molecule has 4 nitrogen and oxygen atoms in total. The number of hydrogen-bond acceptors (Lipinski definition) is 6. The Morgan fingerprint density at radius 2 is 2.04 bits per heavy atom. The molecule has 0 bridgehead atoms. The van der Waals surface area contributed by atoms with Gasteiger partial charge in [-0.05, 0) is 59.1 Å². The summed E-state index contributed by atoms with van der Waals surface area (Å²) < 4.78 is 5.71. The molecular formula is C21H20N2O2S2. The quantitative estimate of drug-likeness (QED) is 0.682. The molecule has 2 unspecified atom stereocenters. The third kappa shape index (κ3) is 4.07. The van der Waals surface area contributed by atoms with E-state index in [9.17, 15) is 5.11 Å². The van der Waals surface area contributed by atoms with Gasteiger partial charge >= 0.3 is 0 Å². The molecule has 0 amide bonds. The molecular weight excluding hydrogens is 376 g/mol. The van der Waals surface area contributed by atoms with Gasteiger partial charge in [0.25, 0.3) is 0 Å². The van der Waals surface area contributed by atoms with Gasteiger partial charge in [0.15, 0.2) is 0 Å². The van der Waals surface area contributed by atoms with Crippen LogP contribution in [0.5, 0.6) is 5.75 Å². The Morgan fingerprint density at radius 3 is 2.78 bits per heavy atom. The first-order valence-electron chi connectivity index (χ1n) is 8.89. The van der Waals surface area contributed by atoms with Gasteiger partial charge in [0, 0.05) is 22.8 Å². The summed E-state index contributed by atoms with van der Waals surface area (Å²) in [4.78, 5) is 5.12. The Labute approximate surface area is 166 Å². The van der Waals surface area contributed by atoms with Crippen molar-refractivity contribution in [3.8, 4) is 11.8 Å². The van der Waals surface area contributed by atoms with Crippen LogP contribution in [-0.4, -0.2) is 35.8 Å². The zero-order valence-corrected chi connectivity index (χ0v) is 16.4. The van der Waals surface area contributed by atoms with Crippen LogP contribution < -0.4 is 4.74 Å². The van der Waals surface area contributed by atoms with E-state index in [2.05, 4.69) is 39.9 Å². The first kappa shape index (κ1) is 18.2. The van der Waals surface area contributed by atoms with Crippen molar-refractivity contribution in [3.63, 3.8) is 0 Å². The summed E-state index contributed by atoms with van der Waals surface area (Å²) in [7, 11) is 0. The lowest BCUT2D eigenvalue weighted by Gasteiger charge is -2.36. The fraction of sp³-hybridized carbons (Fsp3) is 0.286. The molecule has 6 heteroatoms. The van der Waals surface area contributed by atoms with Crippen molar-refractivity contribution in [2.45, 2.75) is 18.6 Å². The lowest BCUT2D eigenvalue weighted by Crippen LogP contribution is -2.41. The highest BCUT2D eigenvalue weighted by Gasteiger charge is 2.31. The molecule has 1 aromatic carbocycles. The number of rotatable bonds is 6. The second-order valence-electron chi connectivity index (χ2n) is 6.56. The van der Waals surface area contributed by atoms with Gasteiger partial charge in [0.05, 0.1) is 17.7 Å². The number of hydrogen-bond donors (Lipinski definition) is 1. The molecule has 1 aliphatic rings. The van der Waals surface area contributed by atoms with Crippen molar-refractivity contribution < 1.29 is 9.84 Å². The van der Waals surface area contributed by atoms with Crippen LogP contribution in [0.15, 0.2) is 53.2 Å².